The van der Waals surface area contributed by atoms with E-state index in [9.17, 15) is 4.79 Å². The number of amides is 1. The average molecular weight is 525 g/mol. The molecule has 0 saturated carbocycles. The molecule has 0 unspecified atom stereocenters. The van der Waals surface area contributed by atoms with E-state index < -0.39 is 0 Å². The third-order valence-electron chi connectivity index (χ3n) is 5.86. The van der Waals surface area contributed by atoms with Crippen LogP contribution in [0.15, 0.2) is 73.1 Å². The monoisotopic (exact) mass is 523 g/mol. The van der Waals surface area contributed by atoms with Crippen molar-refractivity contribution < 1.29 is 4.79 Å². The summed E-state index contributed by atoms with van der Waals surface area (Å²) < 4.78 is 0. The molecule has 1 saturated heterocycles. The van der Waals surface area contributed by atoms with Gasteiger partial charge in [-0.2, -0.15) is 0 Å². The second kappa shape index (κ2) is 10.2. The molecule has 0 radical (unpaired) electrons. The molecule has 1 aliphatic rings. The van der Waals surface area contributed by atoms with E-state index >= 15 is 0 Å². The van der Waals surface area contributed by atoms with E-state index in [0.717, 1.165) is 16.9 Å². The van der Waals surface area contributed by atoms with E-state index in [2.05, 4.69) is 14.9 Å². The largest absolute Gasteiger partial charge is 0.353 e. The molecule has 0 aliphatic carbocycles. The maximum Gasteiger partial charge on any atom is 0.291 e. The summed E-state index contributed by atoms with van der Waals surface area (Å²) in [5.41, 5.74) is 2.82. The van der Waals surface area contributed by atoms with Gasteiger partial charge in [-0.05, 0) is 48.0 Å². The Hall–Kier alpha value is -3.19. The Kier molecular flexibility index (Phi) is 6.86. The Morgan fingerprint density at radius 3 is 2.23 bits per heavy atom. The summed E-state index contributed by atoms with van der Waals surface area (Å²) in [5.74, 6) is 0.803. The molecule has 176 valence electrons. The van der Waals surface area contributed by atoms with Gasteiger partial charge in [0.05, 0.1) is 10.7 Å². The van der Waals surface area contributed by atoms with Gasteiger partial charge in [-0.1, -0.05) is 53.0 Å². The van der Waals surface area contributed by atoms with Gasteiger partial charge in [0.15, 0.2) is 0 Å². The lowest BCUT2D eigenvalue weighted by atomic mass is 10.0. The van der Waals surface area contributed by atoms with Crippen molar-refractivity contribution in [1.29, 1.82) is 0 Å². The van der Waals surface area contributed by atoms with Crippen LogP contribution in [0.3, 0.4) is 0 Å². The fraction of sp³-hybridized carbons (Fsp3) is 0.154. The first-order chi connectivity index (χ1) is 17.0. The van der Waals surface area contributed by atoms with Crippen molar-refractivity contribution in [3.63, 3.8) is 0 Å². The van der Waals surface area contributed by atoms with Crippen LogP contribution in [-0.4, -0.2) is 51.9 Å². The number of benzene rings is 2. The summed E-state index contributed by atoms with van der Waals surface area (Å²) >= 11 is 18.7. The van der Waals surface area contributed by atoms with E-state index in [0.29, 0.717) is 52.5 Å². The minimum absolute atomic E-state index is 0.120. The minimum Gasteiger partial charge on any atom is -0.353 e. The molecule has 1 amide bonds. The predicted octanol–water partition coefficient (Wildman–Crippen LogP) is 6.13. The van der Waals surface area contributed by atoms with E-state index in [-0.39, 0.29) is 11.7 Å². The van der Waals surface area contributed by atoms with E-state index in [1.54, 1.807) is 47.6 Å². The maximum absolute atomic E-state index is 13.4. The molecule has 0 bridgehead atoms. The third-order valence-corrected chi connectivity index (χ3v) is 6.66. The smallest absolute Gasteiger partial charge is 0.291 e. The Morgan fingerprint density at radius 1 is 0.800 bits per heavy atom. The molecule has 6 nitrogen and oxygen atoms in total. The number of halogens is 3. The van der Waals surface area contributed by atoms with Crippen LogP contribution < -0.4 is 4.90 Å². The van der Waals surface area contributed by atoms with Gasteiger partial charge in [0.25, 0.3) is 5.91 Å². The molecular formula is C26H20Cl3N5O. The van der Waals surface area contributed by atoms with Gasteiger partial charge in [-0.25, -0.2) is 15.0 Å². The number of rotatable bonds is 4. The summed E-state index contributed by atoms with van der Waals surface area (Å²) in [7, 11) is 0. The Bertz CT molecular complexity index is 1360. The van der Waals surface area contributed by atoms with Crippen LogP contribution in [0.2, 0.25) is 15.1 Å². The van der Waals surface area contributed by atoms with Crippen LogP contribution in [0, 0.1) is 0 Å². The molecule has 5 rings (SSSR count). The fourth-order valence-corrected chi connectivity index (χ4v) is 4.66. The molecule has 1 fully saturated rings. The highest BCUT2D eigenvalue weighted by Crippen LogP contribution is 2.36. The first-order valence-corrected chi connectivity index (χ1v) is 12.2. The van der Waals surface area contributed by atoms with Gasteiger partial charge in [0.2, 0.25) is 5.82 Å². The number of aromatic nitrogens is 3. The van der Waals surface area contributed by atoms with Crippen LogP contribution in [0.1, 0.15) is 10.6 Å². The van der Waals surface area contributed by atoms with E-state index in [1.807, 2.05) is 30.3 Å². The molecule has 4 aromatic rings. The van der Waals surface area contributed by atoms with Gasteiger partial charge in [-0.3, -0.25) is 4.79 Å². The first kappa shape index (κ1) is 23.5. The van der Waals surface area contributed by atoms with Gasteiger partial charge < -0.3 is 9.80 Å². The molecule has 0 spiro atoms. The number of anilines is 1. The van der Waals surface area contributed by atoms with Crippen molar-refractivity contribution in [2.24, 2.45) is 0 Å². The molecule has 2 aromatic carbocycles. The Balaban J connectivity index is 1.46. The highest BCUT2D eigenvalue weighted by Gasteiger charge is 2.26. The molecular weight excluding hydrogens is 505 g/mol. The molecule has 2 aromatic heterocycles. The normalized spacial score (nSPS) is 13.7. The minimum atomic E-state index is -0.223. The lowest BCUT2D eigenvalue weighted by Crippen LogP contribution is -2.49. The summed E-state index contributed by atoms with van der Waals surface area (Å²) in [6.07, 6.45) is 3.43. The lowest BCUT2D eigenvalue weighted by Gasteiger charge is -2.35. The third kappa shape index (κ3) is 5.10. The van der Waals surface area contributed by atoms with E-state index in [1.165, 1.54) is 0 Å². The molecule has 0 N–H and O–H groups in total. The number of hydrogen-bond donors (Lipinski definition) is 0. The number of hydrogen-bond acceptors (Lipinski definition) is 5. The summed E-state index contributed by atoms with van der Waals surface area (Å²) in [4.78, 5) is 30.8. The average Bonchev–Trinajstić information content (AvgIpc) is 2.89. The van der Waals surface area contributed by atoms with Gasteiger partial charge in [-0.15, -0.1) is 0 Å². The molecule has 3 heterocycles. The van der Waals surface area contributed by atoms with Crippen LogP contribution in [0.4, 0.5) is 5.82 Å². The van der Waals surface area contributed by atoms with Gasteiger partial charge in [0.1, 0.15) is 5.82 Å². The standard InChI is InChI=1S/C26H20Cl3N5O/c27-18-6-4-17(5-7-18)21-16-31-25(32-24(21)20-9-8-19(28)15-22(20)29)26(35)34-13-11-33(12-14-34)23-3-1-2-10-30-23/h1-10,15-16H,11-14H2. The Morgan fingerprint density at radius 2 is 1.54 bits per heavy atom. The van der Waals surface area contributed by atoms with Crippen molar-refractivity contribution in [2.75, 3.05) is 31.1 Å². The lowest BCUT2D eigenvalue weighted by molar-refractivity contribution is 0.0734. The van der Waals surface area contributed by atoms with E-state index in [4.69, 9.17) is 39.8 Å². The number of carbonyl (C=O) groups is 1. The topological polar surface area (TPSA) is 62.2 Å². The second-order valence-corrected chi connectivity index (χ2v) is 9.33. The van der Waals surface area contributed by atoms with Gasteiger partial charge >= 0.3 is 0 Å². The van der Waals surface area contributed by atoms with Gasteiger partial charge in [0, 0.05) is 59.7 Å². The van der Waals surface area contributed by atoms with Crippen molar-refractivity contribution in [3.8, 4) is 22.4 Å². The zero-order valence-corrected chi connectivity index (χ0v) is 20.8. The highest BCUT2D eigenvalue weighted by molar-refractivity contribution is 6.36. The SMILES string of the molecule is O=C(c1ncc(-c2ccc(Cl)cc2)c(-c2ccc(Cl)cc2Cl)n1)N1CCN(c2ccccn2)CC1. The van der Waals surface area contributed by atoms with Crippen LogP contribution in [0.5, 0.6) is 0 Å². The fourth-order valence-electron chi connectivity index (χ4n) is 4.03. The first-order valence-electron chi connectivity index (χ1n) is 11.0. The quantitative estimate of drug-likeness (QED) is 0.321. The van der Waals surface area contributed by atoms with Crippen molar-refractivity contribution >= 4 is 46.5 Å². The molecule has 1 aliphatic heterocycles. The number of nitrogens with zero attached hydrogens (tertiary/aromatic N) is 5. The maximum atomic E-state index is 13.4. The molecule has 0 atom stereocenters. The highest BCUT2D eigenvalue weighted by atomic mass is 35.5. The van der Waals surface area contributed by atoms with Crippen LogP contribution >= 0.6 is 34.8 Å². The zero-order chi connectivity index (χ0) is 24.4. The second-order valence-electron chi connectivity index (χ2n) is 8.05. The van der Waals surface area contributed by atoms with Crippen LogP contribution in [0.25, 0.3) is 22.4 Å². The molecule has 9 heteroatoms. The summed E-state index contributed by atoms with van der Waals surface area (Å²) in [5, 5.41) is 1.58. The predicted molar refractivity (Wildman–Crippen MR) is 140 cm³/mol. The van der Waals surface area contributed by atoms with Crippen LogP contribution in [-0.2, 0) is 0 Å². The molecule has 35 heavy (non-hydrogen) atoms. The van der Waals surface area contributed by atoms with Crippen molar-refractivity contribution in [1.82, 2.24) is 19.9 Å². The van der Waals surface area contributed by atoms with Crippen molar-refractivity contribution in [3.05, 3.63) is 93.9 Å². The number of pyridine rings is 1. The Labute approximate surface area is 218 Å². The summed E-state index contributed by atoms with van der Waals surface area (Å²) in [6.45, 7) is 2.46. The number of piperazine rings is 1. The summed E-state index contributed by atoms with van der Waals surface area (Å²) in [6, 6.07) is 18.4. The zero-order valence-electron chi connectivity index (χ0n) is 18.5. The van der Waals surface area contributed by atoms with Crippen molar-refractivity contribution in [2.45, 2.75) is 0 Å². The number of carbonyl (C=O) groups excluding carboxylic acids is 1.